The van der Waals surface area contributed by atoms with Gasteiger partial charge in [0.1, 0.15) is 18.3 Å². The maximum Gasteiger partial charge on any atom is 0.370 e. The number of carboxylic acids is 1. The Hall–Kier alpha value is -0.438. The fourth-order valence-corrected chi connectivity index (χ4v) is 1.77. The summed E-state index contributed by atoms with van der Waals surface area (Å²) in [5.41, 5.74) is 16.2. The second kappa shape index (κ2) is 8.87. The minimum Gasteiger partial charge on any atom is -0.479 e. The summed E-state index contributed by atoms with van der Waals surface area (Å²) in [5.74, 6) is -2.22. The molecule has 0 amide bonds. The minimum atomic E-state index is -1.60. The van der Waals surface area contributed by atoms with Gasteiger partial charge in [0.25, 0.3) is 0 Å². The second-order valence-corrected chi connectivity index (χ2v) is 4.28. The molecular weight excluding hydrogens is 499 g/mol. The van der Waals surface area contributed by atoms with E-state index >= 15 is 0 Å². The molecule has 5 atom stereocenters. The number of aliphatic imine (C=N–C) groups is 1. The number of aliphatic hydroxyl groups is 3. The Morgan fingerprint density at radius 3 is 2.43 bits per heavy atom. The smallest absolute Gasteiger partial charge is 0.370 e. The molecule has 4 unspecified atom stereocenters. The Labute approximate surface area is 156 Å². The van der Waals surface area contributed by atoms with E-state index < -0.39 is 48.7 Å². The minimum absolute atomic E-state index is 0. The maximum atomic E-state index is 11.0. The molecule has 1 rings (SSSR count). The first-order valence-electron chi connectivity index (χ1n) is 5.71. The summed E-state index contributed by atoms with van der Waals surface area (Å²) in [6.07, 6.45) is -3.34. The molecule has 0 saturated carbocycles. The number of hydrogen-bond acceptors (Lipinski definition) is 7. The van der Waals surface area contributed by atoms with Crippen LogP contribution >= 0.6 is 0 Å². The van der Waals surface area contributed by atoms with Crippen LogP contribution in [0.25, 0.3) is 0 Å². The molecule has 0 aromatic rings. The van der Waals surface area contributed by atoms with Crippen molar-refractivity contribution in [1.29, 1.82) is 0 Å². The van der Waals surface area contributed by atoms with Crippen molar-refractivity contribution >= 4 is 11.9 Å². The first-order valence-corrected chi connectivity index (χ1v) is 5.71. The SMILES string of the molecule is NC(N)=NC1C=C(C(=O)O)O[C@@H](C(O)C(O)CO)C1N.[Ac]. The molecule has 1 heterocycles. The van der Waals surface area contributed by atoms with E-state index in [9.17, 15) is 15.0 Å². The van der Waals surface area contributed by atoms with E-state index in [0.717, 1.165) is 6.08 Å². The van der Waals surface area contributed by atoms with Gasteiger partial charge in [-0.2, -0.15) is 0 Å². The molecule has 117 valence electrons. The summed E-state index contributed by atoms with van der Waals surface area (Å²) in [6, 6.07) is -1.94. The number of hydrogen-bond donors (Lipinski definition) is 7. The maximum absolute atomic E-state index is 11.0. The predicted molar refractivity (Wildman–Crippen MR) is 67.3 cm³/mol. The number of aliphatic carboxylic acids is 1. The molecule has 10 nitrogen and oxygen atoms in total. The van der Waals surface area contributed by atoms with E-state index in [4.69, 9.17) is 32.2 Å². The van der Waals surface area contributed by atoms with E-state index in [1.165, 1.54) is 0 Å². The molecular formula is C10H18AcN4O6. The van der Waals surface area contributed by atoms with Crippen LogP contribution in [0, 0.1) is 44.1 Å². The number of guanidine groups is 1. The molecule has 0 aromatic heterocycles. The number of nitrogens with two attached hydrogens (primary N) is 3. The van der Waals surface area contributed by atoms with Crippen molar-refractivity contribution < 1.29 is 74.0 Å². The van der Waals surface area contributed by atoms with Gasteiger partial charge in [0, 0.05) is 44.1 Å². The molecule has 1 radical (unpaired) electrons. The third-order valence-corrected chi connectivity index (χ3v) is 2.79. The van der Waals surface area contributed by atoms with Crippen LogP contribution in [0.5, 0.6) is 0 Å². The molecule has 0 saturated heterocycles. The number of ether oxygens (including phenoxy) is 1. The summed E-state index contributed by atoms with van der Waals surface area (Å²) in [4.78, 5) is 14.7. The molecule has 21 heavy (non-hydrogen) atoms. The molecule has 1 aliphatic rings. The molecule has 0 bridgehead atoms. The van der Waals surface area contributed by atoms with Gasteiger partial charge in [-0.05, 0) is 6.08 Å². The topological polar surface area (TPSA) is 198 Å². The van der Waals surface area contributed by atoms with Crippen LogP contribution in [0.2, 0.25) is 0 Å². The number of carbonyl (C=O) groups is 1. The van der Waals surface area contributed by atoms with Crippen molar-refractivity contribution in [2.75, 3.05) is 6.61 Å². The fraction of sp³-hybridized carbons (Fsp3) is 0.600. The van der Waals surface area contributed by atoms with E-state index in [0.29, 0.717) is 0 Å². The van der Waals surface area contributed by atoms with Gasteiger partial charge in [-0.25, -0.2) is 9.79 Å². The average molecular weight is 517 g/mol. The van der Waals surface area contributed by atoms with Gasteiger partial charge < -0.3 is 42.4 Å². The number of nitrogens with zero attached hydrogens (tertiary/aromatic N) is 1. The Balaban J connectivity index is 0.00000400. The van der Waals surface area contributed by atoms with Gasteiger partial charge in [-0.1, -0.05) is 0 Å². The summed E-state index contributed by atoms with van der Waals surface area (Å²) >= 11 is 0. The van der Waals surface area contributed by atoms with E-state index in [-0.39, 0.29) is 50.0 Å². The Morgan fingerprint density at radius 2 is 2.00 bits per heavy atom. The Kier molecular flexibility index (Phi) is 8.69. The van der Waals surface area contributed by atoms with E-state index in [1.54, 1.807) is 0 Å². The van der Waals surface area contributed by atoms with Crippen LogP contribution in [0.15, 0.2) is 16.8 Å². The third-order valence-electron chi connectivity index (χ3n) is 2.79. The molecule has 11 heteroatoms. The van der Waals surface area contributed by atoms with Gasteiger partial charge in [-0.15, -0.1) is 0 Å². The van der Waals surface area contributed by atoms with Gasteiger partial charge in [0.2, 0.25) is 5.76 Å². The molecule has 0 fully saturated rings. The third kappa shape index (κ3) is 5.36. The zero-order valence-corrected chi connectivity index (χ0v) is 15.8. The van der Waals surface area contributed by atoms with Gasteiger partial charge in [-0.3, -0.25) is 0 Å². The fourth-order valence-electron chi connectivity index (χ4n) is 1.77. The largest absolute Gasteiger partial charge is 0.479 e. The van der Waals surface area contributed by atoms with Crippen molar-refractivity contribution in [3.8, 4) is 0 Å². The molecule has 0 aromatic carbocycles. The summed E-state index contributed by atoms with van der Waals surface area (Å²) in [5, 5.41) is 37.0. The molecule has 0 spiro atoms. The second-order valence-electron chi connectivity index (χ2n) is 4.28. The van der Waals surface area contributed by atoms with E-state index in [2.05, 4.69) is 4.99 Å². The summed E-state index contributed by atoms with van der Waals surface area (Å²) in [7, 11) is 0. The van der Waals surface area contributed by atoms with Crippen LogP contribution in [0.4, 0.5) is 0 Å². The molecule has 1 aliphatic heterocycles. The van der Waals surface area contributed by atoms with Crippen molar-refractivity contribution in [3.63, 3.8) is 0 Å². The number of aliphatic hydroxyl groups excluding tert-OH is 3. The predicted octanol–water partition coefficient (Wildman–Crippen LogP) is -3.96. The quantitative estimate of drug-likeness (QED) is 0.141. The van der Waals surface area contributed by atoms with Crippen LogP contribution in [0.1, 0.15) is 0 Å². The number of rotatable bonds is 5. The summed E-state index contributed by atoms with van der Waals surface area (Å²) < 4.78 is 5.02. The Morgan fingerprint density at radius 1 is 1.43 bits per heavy atom. The monoisotopic (exact) mass is 517 g/mol. The first-order chi connectivity index (χ1) is 9.27. The number of carboxylic acid groups (broad SMARTS) is 1. The zero-order chi connectivity index (χ0) is 15.4. The van der Waals surface area contributed by atoms with Crippen LogP contribution in [0.3, 0.4) is 0 Å². The standard InChI is InChI=1S/C10H18N4O6.Ac/c11-6-3(14-10(12)13)1-5(9(18)19)20-8(6)7(17)4(16)2-15;/h1,3-4,6-8,15-17H,2,11H2,(H,18,19)(H4,12,13,14);/t3?,4?,6?,7?,8-;/m1./s1. The van der Waals surface area contributed by atoms with Crippen molar-refractivity contribution in [1.82, 2.24) is 0 Å². The van der Waals surface area contributed by atoms with Gasteiger partial charge in [0.05, 0.1) is 18.7 Å². The molecule has 10 N–H and O–H groups in total. The van der Waals surface area contributed by atoms with Crippen molar-refractivity contribution in [2.24, 2.45) is 22.2 Å². The van der Waals surface area contributed by atoms with Crippen LogP contribution in [-0.2, 0) is 9.53 Å². The molecule has 0 aliphatic carbocycles. The van der Waals surface area contributed by atoms with Crippen LogP contribution < -0.4 is 17.2 Å². The summed E-state index contributed by atoms with van der Waals surface area (Å²) in [6.45, 7) is -0.743. The van der Waals surface area contributed by atoms with Crippen molar-refractivity contribution in [3.05, 3.63) is 11.8 Å². The average Bonchev–Trinajstić information content (AvgIpc) is 2.38. The van der Waals surface area contributed by atoms with Crippen LogP contribution in [-0.4, -0.2) is 69.4 Å². The van der Waals surface area contributed by atoms with Gasteiger partial charge in [0.15, 0.2) is 5.96 Å². The first kappa shape index (κ1) is 20.6. The van der Waals surface area contributed by atoms with E-state index in [1.807, 2.05) is 0 Å². The normalized spacial score (nSPS) is 27.4. The van der Waals surface area contributed by atoms with Gasteiger partial charge >= 0.3 is 5.97 Å². The van der Waals surface area contributed by atoms with Crippen molar-refractivity contribution in [2.45, 2.75) is 30.4 Å². The Bertz CT molecular complexity index is 428. The zero-order valence-electron chi connectivity index (χ0n) is 11.0.